The zero-order valence-electron chi connectivity index (χ0n) is 14.9. The number of nitro groups is 1. The number of carbonyl (C=O) groups is 1. The van der Waals surface area contributed by atoms with E-state index in [1.165, 1.54) is 19.1 Å². The van der Waals surface area contributed by atoms with Crippen LogP contribution in [0.2, 0.25) is 0 Å². The highest BCUT2D eigenvalue weighted by Gasteiger charge is 2.34. The van der Waals surface area contributed by atoms with Gasteiger partial charge < -0.3 is 15.2 Å². The number of carbonyl (C=O) groups excluding carboxylic acids is 1. The number of amides is 1. The van der Waals surface area contributed by atoms with Crippen molar-refractivity contribution in [2.24, 2.45) is 0 Å². The van der Waals surface area contributed by atoms with Gasteiger partial charge in [0.05, 0.1) is 4.92 Å². The van der Waals surface area contributed by atoms with E-state index in [9.17, 15) is 42.0 Å². The van der Waals surface area contributed by atoms with E-state index in [-0.39, 0.29) is 16.9 Å². The van der Waals surface area contributed by atoms with Gasteiger partial charge in [0.15, 0.2) is 11.4 Å². The van der Waals surface area contributed by atoms with Gasteiger partial charge in [-0.3, -0.25) is 14.9 Å². The van der Waals surface area contributed by atoms with Crippen molar-refractivity contribution >= 4 is 17.3 Å². The third-order valence-electron chi connectivity index (χ3n) is 3.81. The van der Waals surface area contributed by atoms with E-state index >= 15 is 0 Å². The van der Waals surface area contributed by atoms with Crippen LogP contribution in [0.1, 0.15) is 12.5 Å². The Morgan fingerprint density at radius 1 is 1.14 bits per heavy atom. The minimum absolute atomic E-state index is 0.0506. The fourth-order valence-corrected chi connectivity index (χ4v) is 2.19. The average molecular weight is 420 g/mol. The van der Waals surface area contributed by atoms with Crippen molar-refractivity contribution in [3.8, 4) is 5.75 Å². The molecule has 0 radical (unpaired) electrons. The zero-order chi connectivity index (χ0) is 22.1. The van der Waals surface area contributed by atoms with Crippen LogP contribution in [0.5, 0.6) is 5.75 Å². The number of nitro benzene ring substituents is 1. The molecule has 0 saturated carbocycles. The van der Waals surface area contributed by atoms with Gasteiger partial charge in [0.25, 0.3) is 11.6 Å². The molecule has 0 fully saturated rings. The van der Waals surface area contributed by atoms with Gasteiger partial charge in [-0.15, -0.1) is 0 Å². The Kier molecular flexibility index (Phi) is 6.07. The maximum absolute atomic E-state index is 13.6. The largest absolute Gasteiger partial charge is 0.484 e. The molecule has 0 unspecified atom stereocenters. The molecule has 2 rings (SSSR count). The minimum atomic E-state index is -2.46. The molecule has 1 amide bonds. The van der Waals surface area contributed by atoms with Crippen LogP contribution in [-0.4, -0.2) is 28.1 Å². The summed E-state index contributed by atoms with van der Waals surface area (Å²) in [6.45, 7) is 1.11. The summed E-state index contributed by atoms with van der Waals surface area (Å²) in [6.07, 6.45) is 0. The highest BCUT2D eigenvalue weighted by molar-refractivity contribution is 5.97. The predicted octanol–water partition coefficient (Wildman–Crippen LogP) is 3.37. The summed E-state index contributed by atoms with van der Waals surface area (Å²) in [7, 11) is 0. The van der Waals surface area contributed by atoms with E-state index in [0.29, 0.717) is 0 Å². The molecular weight excluding hydrogens is 407 g/mol. The quantitative estimate of drug-likeness (QED) is 0.245. The number of aryl methyl sites for hydroxylation is 1. The summed E-state index contributed by atoms with van der Waals surface area (Å²) < 4.78 is 71.0. The smallest absolute Gasteiger partial charge is 0.272 e. The SMILES string of the molecule is Cc1cc(NC(=O)[C@@](C)(O)COc2c(F)c(F)c(F)c(F)c2F)ccc1[N+](=O)[O-]. The normalized spacial score (nSPS) is 13.0. The van der Waals surface area contributed by atoms with Crippen LogP contribution in [0.25, 0.3) is 0 Å². The summed E-state index contributed by atoms with van der Waals surface area (Å²) >= 11 is 0. The number of anilines is 1. The molecule has 0 aliphatic carbocycles. The van der Waals surface area contributed by atoms with Crippen molar-refractivity contribution in [1.82, 2.24) is 0 Å². The third-order valence-corrected chi connectivity index (χ3v) is 3.81. The highest BCUT2D eigenvalue weighted by Crippen LogP contribution is 2.30. The van der Waals surface area contributed by atoms with Gasteiger partial charge in [0.1, 0.15) is 6.61 Å². The molecule has 156 valence electrons. The van der Waals surface area contributed by atoms with Gasteiger partial charge in [-0.2, -0.15) is 8.78 Å². The molecule has 12 heteroatoms. The number of benzene rings is 2. The maximum atomic E-state index is 13.6. The lowest BCUT2D eigenvalue weighted by molar-refractivity contribution is -0.385. The molecule has 0 aromatic heterocycles. The third kappa shape index (κ3) is 4.42. The second-order valence-electron chi connectivity index (χ2n) is 6.17. The van der Waals surface area contributed by atoms with E-state index in [2.05, 4.69) is 10.1 Å². The number of ether oxygens (including phenoxy) is 1. The zero-order valence-corrected chi connectivity index (χ0v) is 14.9. The first kappa shape index (κ1) is 22.0. The van der Waals surface area contributed by atoms with Crippen LogP contribution in [0.4, 0.5) is 33.3 Å². The Morgan fingerprint density at radius 3 is 2.14 bits per heavy atom. The predicted molar refractivity (Wildman–Crippen MR) is 88.8 cm³/mol. The molecular formula is C17H13F5N2O5. The molecule has 0 saturated heterocycles. The van der Waals surface area contributed by atoms with Gasteiger partial charge >= 0.3 is 0 Å². The van der Waals surface area contributed by atoms with E-state index in [4.69, 9.17) is 0 Å². The summed E-state index contributed by atoms with van der Waals surface area (Å²) in [5.74, 6) is -14.2. The van der Waals surface area contributed by atoms with Crippen molar-refractivity contribution in [1.29, 1.82) is 0 Å². The number of rotatable bonds is 6. The van der Waals surface area contributed by atoms with Crippen LogP contribution in [0.15, 0.2) is 18.2 Å². The second-order valence-corrected chi connectivity index (χ2v) is 6.17. The van der Waals surface area contributed by atoms with Crippen molar-refractivity contribution in [2.45, 2.75) is 19.4 Å². The first-order valence-electron chi connectivity index (χ1n) is 7.80. The van der Waals surface area contributed by atoms with Crippen LogP contribution in [0.3, 0.4) is 0 Å². The number of halogens is 5. The van der Waals surface area contributed by atoms with E-state index in [0.717, 1.165) is 13.0 Å². The molecule has 2 N–H and O–H groups in total. The minimum Gasteiger partial charge on any atom is -0.484 e. The van der Waals surface area contributed by atoms with E-state index in [1.54, 1.807) is 0 Å². The Balaban J connectivity index is 2.17. The second kappa shape index (κ2) is 7.99. The number of hydrogen-bond acceptors (Lipinski definition) is 5. The van der Waals surface area contributed by atoms with Gasteiger partial charge in [-0.05, 0) is 26.0 Å². The first-order valence-corrected chi connectivity index (χ1v) is 7.80. The maximum Gasteiger partial charge on any atom is 0.272 e. The van der Waals surface area contributed by atoms with Crippen molar-refractivity contribution in [3.63, 3.8) is 0 Å². The number of aliphatic hydroxyl groups is 1. The molecule has 0 heterocycles. The summed E-state index contributed by atoms with van der Waals surface area (Å²) in [4.78, 5) is 22.3. The highest BCUT2D eigenvalue weighted by atomic mass is 19.2. The van der Waals surface area contributed by atoms with Crippen LogP contribution >= 0.6 is 0 Å². The molecule has 0 aliphatic rings. The molecule has 0 aliphatic heterocycles. The standard InChI is InChI=1S/C17H13F5N2O5/c1-7-5-8(3-4-9(7)24(27)28)23-16(25)17(2,26)6-29-15-13(21)11(19)10(18)12(20)14(15)22/h3-5,26H,6H2,1-2H3,(H,23,25)/t17-/m0/s1. The van der Waals surface area contributed by atoms with Gasteiger partial charge in [-0.25, -0.2) is 13.2 Å². The molecule has 2 aromatic carbocycles. The van der Waals surface area contributed by atoms with E-state index in [1.807, 2.05) is 0 Å². The molecule has 7 nitrogen and oxygen atoms in total. The fourth-order valence-electron chi connectivity index (χ4n) is 2.19. The Bertz CT molecular complexity index is 968. The lowest BCUT2D eigenvalue weighted by Gasteiger charge is -2.23. The Morgan fingerprint density at radius 2 is 1.66 bits per heavy atom. The van der Waals surface area contributed by atoms with Crippen LogP contribution in [0, 0.1) is 46.1 Å². The molecule has 2 aromatic rings. The molecule has 29 heavy (non-hydrogen) atoms. The van der Waals surface area contributed by atoms with Crippen LogP contribution in [-0.2, 0) is 4.79 Å². The molecule has 0 spiro atoms. The monoisotopic (exact) mass is 420 g/mol. The fraction of sp³-hybridized carbons (Fsp3) is 0.235. The molecule has 0 bridgehead atoms. The van der Waals surface area contributed by atoms with Gasteiger partial charge in [0.2, 0.25) is 29.1 Å². The van der Waals surface area contributed by atoms with Gasteiger partial charge in [-0.1, -0.05) is 0 Å². The molecule has 1 atom stereocenters. The van der Waals surface area contributed by atoms with Crippen LogP contribution < -0.4 is 10.1 Å². The lowest BCUT2D eigenvalue weighted by atomic mass is 10.1. The Labute approximate surface area is 159 Å². The number of nitrogens with zero attached hydrogens (tertiary/aromatic N) is 1. The summed E-state index contributed by atoms with van der Waals surface area (Å²) in [6, 6.07) is 3.51. The summed E-state index contributed by atoms with van der Waals surface area (Å²) in [5.41, 5.74) is -2.43. The average Bonchev–Trinajstić information content (AvgIpc) is 2.64. The van der Waals surface area contributed by atoms with Crippen molar-refractivity contribution in [2.75, 3.05) is 11.9 Å². The van der Waals surface area contributed by atoms with Gasteiger partial charge in [0, 0.05) is 17.3 Å². The first-order chi connectivity index (χ1) is 13.4. The van der Waals surface area contributed by atoms with Crippen molar-refractivity contribution in [3.05, 3.63) is 63.0 Å². The van der Waals surface area contributed by atoms with Crippen molar-refractivity contribution < 1.29 is 41.5 Å². The number of nitrogens with one attached hydrogen (secondary N) is 1. The Hall–Kier alpha value is -3.28. The van der Waals surface area contributed by atoms with E-state index < -0.39 is 57.9 Å². The lowest BCUT2D eigenvalue weighted by Crippen LogP contribution is -2.45. The number of hydrogen-bond donors (Lipinski definition) is 2. The summed E-state index contributed by atoms with van der Waals surface area (Å²) in [5, 5.41) is 23.1. The topological polar surface area (TPSA) is 102 Å².